The van der Waals surface area contributed by atoms with Crippen LogP contribution < -0.4 is 11.3 Å². The van der Waals surface area contributed by atoms with Crippen molar-refractivity contribution in [2.24, 2.45) is 10.2 Å². The second-order valence-electron chi connectivity index (χ2n) is 7.85. The number of nitrogens with two attached hydrogens (primary N) is 1. The molecule has 0 aliphatic heterocycles. The monoisotopic (exact) mass is 494 g/mol. The Kier molecular flexibility index (Phi) is 5.93. The van der Waals surface area contributed by atoms with E-state index in [4.69, 9.17) is 10.5 Å². The Hall–Kier alpha value is -3.50. The smallest absolute Gasteiger partial charge is 0.341 e. The zero-order chi connectivity index (χ0) is 23.8. The van der Waals surface area contributed by atoms with Crippen molar-refractivity contribution in [1.29, 1.82) is 0 Å². The number of aryl methyl sites for hydroxylation is 1. The van der Waals surface area contributed by atoms with Crippen molar-refractivity contribution in [3.8, 4) is 11.6 Å². The van der Waals surface area contributed by atoms with Crippen LogP contribution in [-0.4, -0.2) is 22.2 Å². The number of hydrogen-bond donors (Lipinski definition) is 2. The summed E-state index contributed by atoms with van der Waals surface area (Å²) in [6.45, 7) is 2.03. The molecule has 8 nitrogen and oxygen atoms in total. The number of hydrogen-bond acceptors (Lipinski definition) is 9. The molecule has 3 heterocycles. The van der Waals surface area contributed by atoms with Crippen molar-refractivity contribution < 1.29 is 14.6 Å². The van der Waals surface area contributed by atoms with E-state index in [-0.39, 0.29) is 23.6 Å². The Bertz CT molecular complexity index is 1480. The average Bonchev–Trinajstić information content (AvgIpc) is 3.40. The van der Waals surface area contributed by atoms with Crippen molar-refractivity contribution in [3.63, 3.8) is 0 Å². The highest BCUT2D eigenvalue weighted by Crippen LogP contribution is 2.44. The first-order valence-corrected chi connectivity index (χ1v) is 12.6. The largest absolute Gasteiger partial charge is 0.493 e. The molecule has 0 fully saturated rings. The van der Waals surface area contributed by atoms with Gasteiger partial charge in [-0.2, -0.15) is 0 Å². The van der Waals surface area contributed by atoms with Gasteiger partial charge in [-0.3, -0.25) is 4.79 Å². The zero-order valence-corrected chi connectivity index (χ0v) is 20.0. The molecule has 0 radical (unpaired) electrons. The summed E-state index contributed by atoms with van der Waals surface area (Å²) < 4.78 is 6.46. The normalized spacial score (nSPS) is 13.4. The molecule has 0 amide bonds. The second-order valence-corrected chi connectivity index (χ2v) is 9.84. The first-order chi connectivity index (χ1) is 16.5. The van der Waals surface area contributed by atoms with Gasteiger partial charge in [0.15, 0.2) is 10.7 Å². The highest BCUT2D eigenvalue weighted by Gasteiger charge is 2.27. The number of aromatic nitrogens is 1. The van der Waals surface area contributed by atoms with Crippen molar-refractivity contribution in [2.45, 2.75) is 32.6 Å². The number of nitrogens with zero attached hydrogens (tertiary/aromatic N) is 3. The number of esters is 1. The van der Waals surface area contributed by atoms with Crippen LogP contribution >= 0.6 is 22.7 Å². The molecule has 34 heavy (non-hydrogen) atoms. The summed E-state index contributed by atoms with van der Waals surface area (Å²) >= 11 is 2.62. The third-order valence-corrected chi connectivity index (χ3v) is 7.79. The van der Waals surface area contributed by atoms with E-state index in [0.717, 1.165) is 36.1 Å². The van der Waals surface area contributed by atoms with Gasteiger partial charge >= 0.3 is 5.97 Å². The van der Waals surface area contributed by atoms with Crippen LogP contribution in [0.5, 0.6) is 5.88 Å². The molecule has 1 aliphatic rings. The van der Waals surface area contributed by atoms with Crippen molar-refractivity contribution in [1.82, 2.24) is 4.57 Å². The number of anilines is 1. The average molecular weight is 495 g/mol. The van der Waals surface area contributed by atoms with Crippen LogP contribution in [0.25, 0.3) is 16.5 Å². The summed E-state index contributed by atoms with van der Waals surface area (Å²) in [5.74, 6) is -0.761. The summed E-state index contributed by atoms with van der Waals surface area (Å²) in [7, 11) is 0. The van der Waals surface area contributed by atoms with Crippen LogP contribution in [0.4, 0.5) is 15.7 Å². The van der Waals surface area contributed by atoms with Gasteiger partial charge in [0.2, 0.25) is 5.88 Å². The molecule has 0 saturated heterocycles. The van der Waals surface area contributed by atoms with Gasteiger partial charge in [-0.05, 0) is 50.3 Å². The zero-order valence-electron chi connectivity index (χ0n) is 18.4. The molecule has 1 aliphatic carbocycles. The topological polar surface area (TPSA) is 119 Å². The fourth-order valence-electron chi connectivity index (χ4n) is 4.25. The Balaban J connectivity index is 1.70. The van der Waals surface area contributed by atoms with Crippen molar-refractivity contribution >= 4 is 55.1 Å². The van der Waals surface area contributed by atoms with Crippen LogP contribution in [-0.2, 0) is 17.6 Å². The predicted octanol–water partition coefficient (Wildman–Crippen LogP) is 5.87. The minimum Gasteiger partial charge on any atom is -0.493 e. The van der Waals surface area contributed by atoms with Gasteiger partial charge in [0.1, 0.15) is 5.56 Å². The number of aromatic hydroxyl groups is 1. The summed E-state index contributed by atoms with van der Waals surface area (Å²) in [5.41, 5.74) is 7.69. The van der Waals surface area contributed by atoms with Crippen LogP contribution in [0.2, 0.25) is 0 Å². The Labute approximate surface area is 203 Å². The molecule has 5 rings (SSSR count). The second kappa shape index (κ2) is 9.03. The van der Waals surface area contributed by atoms with E-state index in [2.05, 4.69) is 10.2 Å². The van der Waals surface area contributed by atoms with E-state index in [0.29, 0.717) is 26.6 Å². The minimum atomic E-state index is -0.435. The lowest BCUT2D eigenvalue weighted by atomic mass is 9.95. The summed E-state index contributed by atoms with van der Waals surface area (Å²) in [6.07, 6.45) is 3.75. The Morgan fingerprint density at radius 2 is 1.97 bits per heavy atom. The third kappa shape index (κ3) is 3.68. The van der Waals surface area contributed by atoms with E-state index < -0.39 is 11.5 Å². The van der Waals surface area contributed by atoms with E-state index in [1.807, 2.05) is 6.07 Å². The van der Waals surface area contributed by atoms with E-state index >= 15 is 0 Å². The molecule has 10 heteroatoms. The number of carbonyl (C=O) groups is 1. The number of ether oxygens (including phenoxy) is 1. The molecule has 0 bridgehead atoms. The Morgan fingerprint density at radius 3 is 2.74 bits per heavy atom. The lowest BCUT2D eigenvalue weighted by Gasteiger charge is -2.12. The summed E-state index contributed by atoms with van der Waals surface area (Å²) in [6, 6.07) is 8.78. The van der Waals surface area contributed by atoms with Gasteiger partial charge in [-0.15, -0.1) is 32.9 Å². The number of azo groups is 1. The van der Waals surface area contributed by atoms with E-state index in [1.165, 1.54) is 27.2 Å². The maximum Gasteiger partial charge on any atom is 0.341 e. The number of pyridine rings is 1. The molecule has 3 aromatic heterocycles. The van der Waals surface area contributed by atoms with Crippen LogP contribution in [0.1, 0.15) is 40.6 Å². The van der Waals surface area contributed by atoms with Gasteiger partial charge < -0.3 is 15.6 Å². The maximum absolute atomic E-state index is 13.2. The maximum atomic E-state index is 13.2. The molecular formula is C24H22N4O4S2. The molecule has 4 aromatic rings. The molecular weight excluding hydrogens is 472 g/mol. The van der Waals surface area contributed by atoms with E-state index in [9.17, 15) is 14.7 Å². The molecule has 1 aromatic carbocycles. The SMILES string of the molecule is CCOC(=O)c1c(N=Nc2c(O)n(-c3ccccc3)c(=O)c3c(N)scc23)sc2c1CCCC2. The number of nitrogen functional groups attached to an aromatic ring is 1. The number of carbonyl (C=O) groups excluding carboxylic acids is 1. The lowest BCUT2D eigenvalue weighted by molar-refractivity contribution is 0.0526. The number of para-hydroxylation sites is 1. The predicted molar refractivity (Wildman–Crippen MR) is 135 cm³/mol. The lowest BCUT2D eigenvalue weighted by Crippen LogP contribution is -2.18. The fourth-order valence-corrected chi connectivity index (χ4v) is 6.24. The molecule has 0 atom stereocenters. The van der Waals surface area contributed by atoms with Gasteiger partial charge in [0.25, 0.3) is 5.56 Å². The summed E-state index contributed by atoms with van der Waals surface area (Å²) in [5, 5.41) is 23.0. The molecule has 0 unspecified atom stereocenters. The van der Waals surface area contributed by atoms with E-state index in [1.54, 1.807) is 36.6 Å². The molecule has 174 valence electrons. The number of rotatable bonds is 5. The fraction of sp³-hybridized carbons (Fsp3) is 0.250. The number of thiophene rings is 2. The molecule has 0 spiro atoms. The minimum absolute atomic E-state index is 0.118. The number of fused-ring (bicyclic) bond motifs is 2. The first-order valence-electron chi connectivity index (χ1n) is 10.9. The van der Waals surface area contributed by atoms with Crippen molar-refractivity contribution in [2.75, 3.05) is 12.3 Å². The van der Waals surface area contributed by atoms with Gasteiger partial charge in [0.05, 0.1) is 22.7 Å². The molecule has 0 saturated carbocycles. The van der Waals surface area contributed by atoms with Crippen LogP contribution in [0.3, 0.4) is 0 Å². The first kappa shape index (κ1) is 22.3. The van der Waals surface area contributed by atoms with Gasteiger partial charge in [0, 0.05) is 15.6 Å². The third-order valence-electron chi connectivity index (χ3n) is 5.80. The highest BCUT2D eigenvalue weighted by molar-refractivity contribution is 7.16. The standard InChI is InChI=1S/C24H22N4O4S2/c1-2-32-24(31)18-14-10-6-7-11-16(14)34-21(18)27-26-19-15-12-33-20(25)17(15)22(29)28(23(19)30)13-8-4-3-5-9-13/h3-5,8-9,12,30H,2,6-7,10-11,25H2,1H3. The summed E-state index contributed by atoms with van der Waals surface area (Å²) in [4.78, 5) is 27.1. The van der Waals surface area contributed by atoms with Crippen molar-refractivity contribution in [3.05, 3.63) is 62.1 Å². The quantitative estimate of drug-likeness (QED) is 0.265. The number of benzene rings is 1. The highest BCUT2D eigenvalue weighted by atomic mass is 32.1. The van der Waals surface area contributed by atoms with Gasteiger partial charge in [-0.25, -0.2) is 9.36 Å². The van der Waals surface area contributed by atoms with Crippen LogP contribution in [0.15, 0.2) is 50.7 Å². The molecule has 3 N–H and O–H groups in total. The van der Waals surface area contributed by atoms with Crippen LogP contribution in [0, 0.1) is 0 Å². The Morgan fingerprint density at radius 1 is 1.21 bits per heavy atom. The van der Waals surface area contributed by atoms with Gasteiger partial charge in [-0.1, -0.05) is 18.2 Å².